The molecule has 4 rings (SSSR count). The third-order valence-corrected chi connectivity index (χ3v) is 8.35. The zero-order valence-corrected chi connectivity index (χ0v) is 22.1. The summed E-state index contributed by atoms with van der Waals surface area (Å²) < 4.78 is 41.4. The number of hydrogen-bond acceptors (Lipinski definition) is 7. The number of aliphatic hydroxyl groups excluding tert-OH is 1. The van der Waals surface area contributed by atoms with Crippen LogP contribution in [0.25, 0.3) is 0 Å². The van der Waals surface area contributed by atoms with Crippen LogP contribution in [0.1, 0.15) is 65.2 Å². The first-order chi connectivity index (χ1) is 18.1. The third-order valence-electron chi connectivity index (χ3n) is 8.35. The minimum absolute atomic E-state index is 0.0147. The molecule has 0 aromatic rings. The van der Waals surface area contributed by atoms with Crippen molar-refractivity contribution in [1.29, 1.82) is 5.41 Å². The van der Waals surface area contributed by atoms with Crippen LogP contribution < -0.4 is 10.6 Å². The van der Waals surface area contributed by atoms with Crippen molar-refractivity contribution in [2.75, 3.05) is 19.7 Å². The molecular formula is C26H35F3N4O6. The fraction of sp³-hybridized carbons (Fsp3) is 0.731. The fourth-order valence-corrected chi connectivity index (χ4v) is 5.77. The molecule has 10 nitrogen and oxygen atoms in total. The zero-order valence-electron chi connectivity index (χ0n) is 22.1. The minimum atomic E-state index is -5.05. The molecule has 2 saturated heterocycles. The normalized spacial score (nSPS) is 26.4. The molecule has 1 spiro atoms. The molecule has 3 fully saturated rings. The summed E-state index contributed by atoms with van der Waals surface area (Å²) in [6.45, 7) is 3.21. The number of likely N-dealkylation sites (tertiary alicyclic amines) is 1. The van der Waals surface area contributed by atoms with Crippen molar-refractivity contribution in [3.05, 3.63) is 11.3 Å². The Morgan fingerprint density at radius 3 is 2.54 bits per heavy atom. The topological polar surface area (TPSA) is 149 Å². The monoisotopic (exact) mass is 556 g/mol. The Bertz CT molecular complexity index is 1100. The second-order valence-corrected chi connectivity index (χ2v) is 12.1. The van der Waals surface area contributed by atoms with Gasteiger partial charge in [0, 0.05) is 31.0 Å². The Balaban J connectivity index is 1.51. The number of amides is 3. The van der Waals surface area contributed by atoms with Crippen LogP contribution in [0.2, 0.25) is 0 Å². The van der Waals surface area contributed by atoms with Gasteiger partial charge < -0.3 is 20.6 Å². The van der Waals surface area contributed by atoms with Gasteiger partial charge in [-0.15, -0.1) is 13.2 Å². The minimum Gasteiger partial charge on any atom is -0.512 e. The van der Waals surface area contributed by atoms with E-state index in [9.17, 15) is 37.5 Å². The number of carbonyl (C=O) groups is 4. The van der Waals surface area contributed by atoms with Crippen LogP contribution in [0.3, 0.4) is 0 Å². The lowest BCUT2D eigenvalue weighted by Gasteiger charge is -2.32. The maximum absolute atomic E-state index is 13.5. The number of rotatable bonds is 9. The number of alkyl halides is 3. The molecule has 0 unspecified atom stereocenters. The highest BCUT2D eigenvalue weighted by Gasteiger charge is 2.56. The lowest BCUT2D eigenvalue weighted by molar-refractivity contribution is -0.321. The van der Waals surface area contributed by atoms with Gasteiger partial charge in [-0.1, -0.05) is 13.8 Å². The van der Waals surface area contributed by atoms with Gasteiger partial charge in [-0.2, -0.15) is 0 Å². The van der Waals surface area contributed by atoms with Crippen molar-refractivity contribution < 1.29 is 42.2 Å². The Morgan fingerprint density at radius 2 is 1.95 bits per heavy atom. The second kappa shape index (κ2) is 10.5. The number of carbonyl (C=O) groups excluding carboxylic acids is 4. The van der Waals surface area contributed by atoms with E-state index in [4.69, 9.17) is 5.41 Å². The largest absolute Gasteiger partial charge is 0.522 e. The molecule has 2 heterocycles. The van der Waals surface area contributed by atoms with Crippen molar-refractivity contribution in [3.63, 3.8) is 0 Å². The quantitative estimate of drug-likeness (QED) is 0.321. The summed E-state index contributed by atoms with van der Waals surface area (Å²) in [4.78, 5) is 53.0. The molecule has 3 atom stereocenters. The molecule has 39 heavy (non-hydrogen) atoms. The Morgan fingerprint density at radius 1 is 1.26 bits per heavy atom. The summed E-state index contributed by atoms with van der Waals surface area (Å²) in [6.07, 6.45) is -1.67. The van der Waals surface area contributed by atoms with Gasteiger partial charge in [0.15, 0.2) is 5.78 Å². The van der Waals surface area contributed by atoms with Crippen molar-refractivity contribution >= 4 is 29.2 Å². The molecule has 4 aliphatic rings. The fourth-order valence-electron chi connectivity index (χ4n) is 5.77. The zero-order chi connectivity index (χ0) is 28.8. The molecule has 0 radical (unpaired) electrons. The molecule has 2 aliphatic heterocycles. The van der Waals surface area contributed by atoms with Crippen molar-refractivity contribution in [1.82, 2.24) is 15.5 Å². The molecule has 13 heteroatoms. The summed E-state index contributed by atoms with van der Waals surface area (Å²) in [6, 6.07) is -2.47. The van der Waals surface area contributed by atoms with E-state index in [0.29, 0.717) is 32.2 Å². The molecule has 0 aromatic heterocycles. The number of ether oxygens (including phenoxy) is 1. The molecule has 216 valence electrons. The summed E-state index contributed by atoms with van der Waals surface area (Å²) in [7, 11) is 0. The molecule has 0 aromatic carbocycles. The van der Waals surface area contributed by atoms with E-state index in [2.05, 4.69) is 15.4 Å². The number of aliphatic hydroxyl groups is 1. The molecule has 3 amide bonds. The van der Waals surface area contributed by atoms with E-state index >= 15 is 0 Å². The summed E-state index contributed by atoms with van der Waals surface area (Å²) in [5.74, 6) is -3.52. The van der Waals surface area contributed by atoms with E-state index in [1.807, 2.05) is 13.8 Å². The first-order valence-corrected chi connectivity index (χ1v) is 13.2. The predicted molar refractivity (Wildman–Crippen MR) is 131 cm³/mol. The molecule has 0 bridgehead atoms. The molecule has 4 N–H and O–H groups in total. The van der Waals surface area contributed by atoms with Gasteiger partial charge in [-0.05, 0) is 55.8 Å². The van der Waals surface area contributed by atoms with Gasteiger partial charge in [-0.25, -0.2) is 0 Å². The molecule has 2 aliphatic carbocycles. The Hall–Kier alpha value is -2.96. The van der Waals surface area contributed by atoms with Gasteiger partial charge in [0.1, 0.15) is 18.4 Å². The SMILES string of the molecule is CC1(C)CCC(O)=C(C(=N)C(=O)N2CC3(CC3)C[C@H]2C(=O)N[C@@H](C[C@@H]2CCNC2=O)C(=O)COC(F)(F)F)C1. The van der Waals surface area contributed by atoms with Crippen LogP contribution in [0.15, 0.2) is 11.3 Å². The Labute approximate surface area is 224 Å². The highest BCUT2D eigenvalue weighted by Crippen LogP contribution is 2.55. The maximum Gasteiger partial charge on any atom is 0.522 e. The number of allylic oxidation sites excluding steroid dienone is 1. The number of ketones is 1. The smallest absolute Gasteiger partial charge is 0.512 e. The van der Waals surface area contributed by atoms with Crippen molar-refractivity contribution in [3.8, 4) is 0 Å². The number of nitrogens with one attached hydrogen (secondary N) is 3. The van der Waals surface area contributed by atoms with Gasteiger partial charge in [0.25, 0.3) is 5.91 Å². The van der Waals surface area contributed by atoms with Crippen molar-refractivity contribution in [2.45, 2.75) is 83.7 Å². The van der Waals surface area contributed by atoms with Crippen LogP contribution in [0.5, 0.6) is 0 Å². The van der Waals surface area contributed by atoms with Gasteiger partial charge >= 0.3 is 6.36 Å². The van der Waals surface area contributed by atoms with E-state index in [-0.39, 0.29) is 53.2 Å². The lowest BCUT2D eigenvalue weighted by Crippen LogP contribution is -2.53. The van der Waals surface area contributed by atoms with E-state index in [1.165, 1.54) is 4.90 Å². The van der Waals surface area contributed by atoms with Crippen LogP contribution >= 0.6 is 0 Å². The van der Waals surface area contributed by atoms with E-state index < -0.39 is 48.6 Å². The summed E-state index contributed by atoms with van der Waals surface area (Å²) in [5.41, 5.74) is -0.641. The maximum atomic E-state index is 13.5. The van der Waals surface area contributed by atoms with Crippen LogP contribution in [0.4, 0.5) is 13.2 Å². The second-order valence-electron chi connectivity index (χ2n) is 12.1. The predicted octanol–water partition coefficient (Wildman–Crippen LogP) is 2.53. The summed E-state index contributed by atoms with van der Waals surface area (Å²) >= 11 is 0. The highest BCUT2D eigenvalue weighted by molar-refractivity contribution is 6.44. The highest BCUT2D eigenvalue weighted by atomic mass is 19.4. The lowest BCUT2D eigenvalue weighted by atomic mass is 9.75. The average molecular weight is 557 g/mol. The van der Waals surface area contributed by atoms with Crippen LogP contribution in [-0.2, 0) is 23.9 Å². The Kier molecular flexibility index (Phi) is 7.85. The number of nitrogens with zero attached hydrogens (tertiary/aromatic N) is 1. The average Bonchev–Trinajstić information content (AvgIpc) is 3.31. The first kappa shape index (κ1) is 29.0. The van der Waals surface area contributed by atoms with Crippen LogP contribution in [0, 0.1) is 22.2 Å². The number of Topliss-reactive ketones (excluding diaryl/α,β-unsaturated/α-hetero) is 1. The third kappa shape index (κ3) is 6.79. The standard InChI is InChI=1S/C26H35F3N4O6/c1-24(2)5-3-18(34)15(10-24)20(30)23(38)33-13-25(6-7-25)11-17(33)22(37)32-16(9-14-4-8-31-21(14)36)19(35)12-39-26(27,28)29/h14,16-17,30,34H,3-13H2,1-2H3,(H,31,36)(H,32,37)/t14-,16-,17-/m0/s1. The number of hydrogen-bond donors (Lipinski definition) is 4. The van der Waals surface area contributed by atoms with Crippen molar-refractivity contribution in [2.24, 2.45) is 16.7 Å². The number of halogens is 3. The first-order valence-electron chi connectivity index (χ1n) is 13.2. The van der Waals surface area contributed by atoms with E-state index in [0.717, 1.165) is 12.8 Å². The summed E-state index contributed by atoms with van der Waals surface area (Å²) in [5, 5.41) is 24.1. The molecular weight excluding hydrogens is 521 g/mol. The molecule has 1 saturated carbocycles. The van der Waals surface area contributed by atoms with Crippen LogP contribution in [-0.4, -0.2) is 77.4 Å². The van der Waals surface area contributed by atoms with Gasteiger partial charge in [0.2, 0.25) is 11.8 Å². The van der Waals surface area contributed by atoms with E-state index in [1.54, 1.807) is 0 Å². The van der Waals surface area contributed by atoms with Gasteiger partial charge in [-0.3, -0.25) is 29.3 Å². The van der Waals surface area contributed by atoms with Gasteiger partial charge in [0.05, 0.1) is 11.8 Å².